The van der Waals surface area contributed by atoms with Gasteiger partial charge in [0, 0.05) is 31.6 Å². The zero-order valence-electron chi connectivity index (χ0n) is 15.0. The molecule has 2 heterocycles. The van der Waals surface area contributed by atoms with Crippen molar-refractivity contribution in [2.24, 2.45) is 5.92 Å². The second kappa shape index (κ2) is 7.99. The highest BCUT2D eigenvalue weighted by molar-refractivity contribution is 5.88. The van der Waals surface area contributed by atoms with E-state index in [1.165, 1.54) is 6.92 Å². The molecule has 0 bridgehead atoms. The smallest absolute Gasteiger partial charge is 0.225 e. The number of nitrogens with one attached hydrogen (secondary N) is 2. The van der Waals surface area contributed by atoms with Crippen molar-refractivity contribution >= 4 is 17.5 Å². The summed E-state index contributed by atoms with van der Waals surface area (Å²) in [6.45, 7) is 4.77. The highest BCUT2D eigenvalue weighted by atomic mass is 16.5. The molecule has 0 fully saturated rings. The second-order valence-electron chi connectivity index (χ2n) is 6.36. The van der Waals surface area contributed by atoms with Crippen LogP contribution < -0.4 is 15.4 Å². The summed E-state index contributed by atoms with van der Waals surface area (Å²) in [5.41, 5.74) is 0.682. The Kier molecular flexibility index (Phi) is 5.50. The number of nitrogens with zero attached hydrogens (tertiary/aromatic N) is 3. The molecule has 1 aliphatic heterocycles. The minimum atomic E-state index is -0.131. The Hall–Kier alpha value is -2.90. The lowest BCUT2D eigenvalue weighted by molar-refractivity contribution is -0.126. The van der Waals surface area contributed by atoms with Gasteiger partial charge in [-0.25, -0.2) is 0 Å². The molecule has 1 aliphatic rings. The Labute approximate surface area is 151 Å². The summed E-state index contributed by atoms with van der Waals surface area (Å²) in [6, 6.07) is 7.16. The molecule has 2 amide bonds. The maximum Gasteiger partial charge on any atom is 0.225 e. The zero-order valence-corrected chi connectivity index (χ0v) is 15.0. The number of carbonyl (C=O) groups is 2. The Balaban J connectivity index is 1.43. The fraction of sp³-hybridized carbons (Fsp3) is 0.444. The van der Waals surface area contributed by atoms with E-state index >= 15 is 0 Å². The van der Waals surface area contributed by atoms with Crippen molar-refractivity contribution in [2.75, 3.05) is 18.5 Å². The number of hydrogen-bond acceptors (Lipinski definition) is 5. The first-order valence-electron chi connectivity index (χ1n) is 8.70. The van der Waals surface area contributed by atoms with Crippen molar-refractivity contribution < 1.29 is 14.3 Å². The molecule has 1 atom stereocenters. The van der Waals surface area contributed by atoms with E-state index in [0.717, 1.165) is 24.5 Å². The number of fused-ring (bicyclic) bond motifs is 1. The molecule has 8 nitrogen and oxygen atoms in total. The first-order chi connectivity index (χ1) is 12.5. The first kappa shape index (κ1) is 17.9. The van der Waals surface area contributed by atoms with Gasteiger partial charge in [0.05, 0.1) is 12.5 Å². The standard InChI is InChI=1S/C18H23N5O3/c1-12-21-22-17-7-6-14(11-23(12)17)18(25)19-8-9-26-16-5-3-4-15(10-16)20-13(2)24/h3-5,10,14H,6-9,11H2,1-2H3,(H,19,25)(H,20,24)/t14-/m1/s1. The van der Waals surface area contributed by atoms with Crippen LogP contribution in [0.4, 0.5) is 5.69 Å². The summed E-state index contributed by atoms with van der Waals surface area (Å²) in [7, 11) is 0. The normalized spacial score (nSPS) is 15.8. The number of benzene rings is 1. The first-order valence-corrected chi connectivity index (χ1v) is 8.70. The molecule has 0 radical (unpaired) electrons. The van der Waals surface area contributed by atoms with Gasteiger partial charge in [0.2, 0.25) is 11.8 Å². The molecule has 2 aromatic rings. The summed E-state index contributed by atoms with van der Waals surface area (Å²) in [5.74, 6) is 2.27. The molecule has 0 spiro atoms. The third kappa shape index (κ3) is 4.38. The number of anilines is 1. The lowest BCUT2D eigenvalue weighted by Gasteiger charge is -2.23. The zero-order chi connectivity index (χ0) is 18.5. The molecule has 1 aromatic carbocycles. The highest BCUT2D eigenvalue weighted by Crippen LogP contribution is 2.20. The van der Waals surface area contributed by atoms with E-state index in [0.29, 0.717) is 31.1 Å². The quantitative estimate of drug-likeness (QED) is 0.760. The van der Waals surface area contributed by atoms with Gasteiger partial charge < -0.3 is 19.9 Å². The molecule has 0 unspecified atom stereocenters. The summed E-state index contributed by atoms with van der Waals surface area (Å²) in [4.78, 5) is 23.4. The van der Waals surface area contributed by atoms with Crippen LogP contribution in [0, 0.1) is 12.8 Å². The van der Waals surface area contributed by atoms with Gasteiger partial charge in [0.15, 0.2) is 0 Å². The lowest BCUT2D eigenvalue weighted by Crippen LogP contribution is -2.38. The van der Waals surface area contributed by atoms with Gasteiger partial charge >= 0.3 is 0 Å². The monoisotopic (exact) mass is 357 g/mol. The van der Waals surface area contributed by atoms with E-state index in [4.69, 9.17) is 4.74 Å². The summed E-state index contributed by atoms with van der Waals surface area (Å²) >= 11 is 0. The largest absolute Gasteiger partial charge is 0.492 e. The van der Waals surface area contributed by atoms with Crippen molar-refractivity contribution in [1.82, 2.24) is 20.1 Å². The number of aromatic nitrogens is 3. The van der Waals surface area contributed by atoms with Gasteiger partial charge in [-0.1, -0.05) is 6.07 Å². The van der Waals surface area contributed by atoms with Crippen LogP contribution in [0.1, 0.15) is 25.0 Å². The predicted octanol–water partition coefficient (Wildman–Crippen LogP) is 1.30. The second-order valence-corrected chi connectivity index (χ2v) is 6.36. The van der Waals surface area contributed by atoms with E-state index in [9.17, 15) is 9.59 Å². The van der Waals surface area contributed by atoms with Crippen LogP contribution in [-0.4, -0.2) is 39.7 Å². The minimum absolute atomic E-state index is 0.0272. The lowest BCUT2D eigenvalue weighted by atomic mass is 9.98. The van der Waals surface area contributed by atoms with Crippen LogP contribution in [0.15, 0.2) is 24.3 Å². The van der Waals surface area contributed by atoms with Crippen LogP contribution in [0.3, 0.4) is 0 Å². The molecule has 138 valence electrons. The molecule has 2 N–H and O–H groups in total. The van der Waals surface area contributed by atoms with E-state index in [2.05, 4.69) is 20.8 Å². The highest BCUT2D eigenvalue weighted by Gasteiger charge is 2.26. The molecule has 8 heteroatoms. The average Bonchev–Trinajstić information content (AvgIpc) is 2.99. The molecular formula is C18H23N5O3. The van der Waals surface area contributed by atoms with Gasteiger partial charge in [-0.3, -0.25) is 9.59 Å². The maximum atomic E-state index is 12.4. The van der Waals surface area contributed by atoms with Crippen LogP contribution in [-0.2, 0) is 22.6 Å². The van der Waals surface area contributed by atoms with Crippen molar-refractivity contribution in [3.05, 3.63) is 35.9 Å². The number of carbonyl (C=O) groups excluding carboxylic acids is 2. The Bertz CT molecular complexity index is 802. The van der Waals surface area contributed by atoms with Crippen molar-refractivity contribution in [3.63, 3.8) is 0 Å². The van der Waals surface area contributed by atoms with E-state index in [1.54, 1.807) is 18.2 Å². The van der Waals surface area contributed by atoms with Gasteiger partial charge in [-0.15, -0.1) is 10.2 Å². The van der Waals surface area contributed by atoms with E-state index in [-0.39, 0.29) is 17.7 Å². The van der Waals surface area contributed by atoms with Gasteiger partial charge in [-0.2, -0.15) is 0 Å². The molecule has 0 aliphatic carbocycles. The average molecular weight is 357 g/mol. The number of amides is 2. The molecular weight excluding hydrogens is 334 g/mol. The van der Waals surface area contributed by atoms with E-state index < -0.39 is 0 Å². The van der Waals surface area contributed by atoms with Gasteiger partial charge in [0.1, 0.15) is 24.0 Å². The number of hydrogen-bond donors (Lipinski definition) is 2. The van der Waals surface area contributed by atoms with Gasteiger partial charge in [0.25, 0.3) is 0 Å². The number of rotatable bonds is 6. The molecule has 0 saturated heterocycles. The summed E-state index contributed by atoms with van der Waals surface area (Å²) < 4.78 is 7.65. The summed E-state index contributed by atoms with van der Waals surface area (Å²) in [6.07, 6.45) is 1.55. The fourth-order valence-corrected chi connectivity index (χ4v) is 3.03. The van der Waals surface area contributed by atoms with Crippen LogP contribution in [0.5, 0.6) is 5.75 Å². The fourth-order valence-electron chi connectivity index (χ4n) is 3.03. The van der Waals surface area contributed by atoms with Crippen molar-refractivity contribution in [3.8, 4) is 5.75 Å². The minimum Gasteiger partial charge on any atom is -0.492 e. The van der Waals surface area contributed by atoms with Gasteiger partial charge in [-0.05, 0) is 25.5 Å². The maximum absolute atomic E-state index is 12.4. The SMILES string of the molecule is CC(=O)Nc1cccc(OCCNC(=O)[C@@H]2CCc3nnc(C)n3C2)c1. The van der Waals surface area contributed by atoms with Crippen LogP contribution in [0.25, 0.3) is 0 Å². The Morgan fingerprint density at radius 1 is 1.35 bits per heavy atom. The third-order valence-corrected chi connectivity index (χ3v) is 4.33. The Morgan fingerprint density at radius 2 is 2.19 bits per heavy atom. The molecule has 1 aromatic heterocycles. The number of ether oxygens (including phenoxy) is 1. The van der Waals surface area contributed by atoms with E-state index in [1.807, 2.05) is 17.6 Å². The number of aryl methyl sites for hydroxylation is 2. The topological polar surface area (TPSA) is 98.1 Å². The summed E-state index contributed by atoms with van der Waals surface area (Å²) in [5, 5.41) is 13.8. The van der Waals surface area contributed by atoms with Crippen LogP contribution in [0.2, 0.25) is 0 Å². The predicted molar refractivity (Wildman–Crippen MR) is 95.8 cm³/mol. The Morgan fingerprint density at radius 3 is 3.00 bits per heavy atom. The molecule has 3 rings (SSSR count). The third-order valence-electron chi connectivity index (χ3n) is 4.33. The van der Waals surface area contributed by atoms with Crippen molar-refractivity contribution in [1.29, 1.82) is 0 Å². The van der Waals surface area contributed by atoms with Crippen molar-refractivity contribution in [2.45, 2.75) is 33.2 Å². The molecule has 0 saturated carbocycles. The van der Waals surface area contributed by atoms with Crippen LogP contribution >= 0.6 is 0 Å². The molecule has 26 heavy (non-hydrogen) atoms.